The van der Waals surface area contributed by atoms with Crippen LogP contribution in [0, 0.1) is 19.8 Å². The highest BCUT2D eigenvalue weighted by Crippen LogP contribution is 2.34. The molecule has 0 spiro atoms. The van der Waals surface area contributed by atoms with Gasteiger partial charge in [0.1, 0.15) is 5.82 Å². The van der Waals surface area contributed by atoms with Crippen LogP contribution in [0.2, 0.25) is 0 Å². The van der Waals surface area contributed by atoms with E-state index in [1.165, 1.54) is 10.4 Å². The topological polar surface area (TPSA) is 64.2 Å². The van der Waals surface area contributed by atoms with Gasteiger partial charge in [-0.3, -0.25) is 4.79 Å². The molecule has 0 radical (unpaired) electrons. The van der Waals surface area contributed by atoms with Gasteiger partial charge in [-0.15, -0.1) is 11.3 Å². The summed E-state index contributed by atoms with van der Waals surface area (Å²) in [5, 5.41) is 0. The molecule has 2 N–H and O–H groups in total. The van der Waals surface area contributed by atoms with Gasteiger partial charge in [-0.2, -0.15) is 0 Å². The number of hydrogen-bond donors (Lipinski definition) is 1. The number of carbonyl (C=O) groups excluding carboxylic acids is 1. The van der Waals surface area contributed by atoms with Gasteiger partial charge in [0.05, 0.1) is 22.0 Å². The predicted molar refractivity (Wildman–Crippen MR) is 141 cm³/mol. The van der Waals surface area contributed by atoms with Crippen LogP contribution in [0.1, 0.15) is 57.8 Å². The van der Waals surface area contributed by atoms with Crippen LogP contribution in [0.4, 0.5) is 0 Å². The summed E-state index contributed by atoms with van der Waals surface area (Å²) in [7, 11) is 0. The van der Waals surface area contributed by atoms with Crippen molar-refractivity contribution in [2.75, 3.05) is 13.1 Å². The first-order valence-electron chi connectivity index (χ1n) is 12.0. The summed E-state index contributed by atoms with van der Waals surface area (Å²) in [6.07, 6.45) is 0.747. The minimum Gasteiger partial charge on any atom is -0.330 e. The van der Waals surface area contributed by atoms with Crippen molar-refractivity contribution in [3.8, 4) is 0 Å². The zero-order valence-corrected chi connectivity index (χ0v) is 21.3. The third kappa shape index (κ3) is 4.93. The van der Waals surface area contributed by atoms with E-state index in [1.807, 2.05) is 29.2 Å². The summed E-state index contributed by atoms with van der Waals surface area (Å²) in [4.78, 5) is 22.9. The molecule has 4 aromatic rings. The SMILES string of the molecule is Cc1cc(C(=O)N(CCCN)[C@@H](c2nc3ccccc3n2Cc2ccccc2)C(C)C)sc1C. The second kappa shape index (κ2) is 10.5. The van der Waals surface area contributed by atoms with E-state index in [0.29, 0.717) is 19.6 Å². The molecule has 178 valence electrons. The zero-order valence-electron chi connectivity index (χ0n) is 20.5. The third-order valence-corrected chi connectivity index (χ3v) is 7.48. The molecule has 6 heteroatoms. The van der Waals surface area contributed by atoms with Crippen LogP contribution in [0.25, 0.3) is 11.0 Å². The fraction of sp³-hybridized carbons (Fsp3) is 0.357. The summed E-state index contributed by atoms with van der Waals surface area (Å²) in [5.74, 6) is 1.16. The van der Waals surface area contributed by atoms with Crippen LogP contribution in [-0.2, 0) is 6.54 Å². The molecule has 0 aliphatic rings. The molecular formula is C28H34N4OS. The van der Waals surface area contributed by atoms with Crippen LogP contribution in [-0.4, -0.2) is 33.4 Å². The molecule has 4 rings (SSSR count). The number of aryl methyl sites for hydroxylation is 2. The van der Waals surface area contributed by atoms with Gasteiger partial charge < -0.3 is 15.2 Å². The Bertz CT molecular complexity index is 1240. The Morgan fingerprint density at radius 2 is 1.79 bits per heavy atom. The Hall–Kier alpha value is -2.96. The Morgan fingerprint density at radius 3 is 2.44 bits per heavy atom. The zero-order chi connectivity index (χ0) is 24.2. The van der Waals surface area contributed by atoms with Crippen molar-refractivity contribution in [2.45, 2.75) is 46.7 Å². The van der Waals surface area contributed by atoms with Gasteiger partial charge >= 0.3 is 0 Å². The standard InChI is InChI=1S/C28H34N4OS/c1-19(2)26(31(16-10-15-29)28(33)25-17-20(3)21(4)34-25)27-30-23-13-8-9-14-24(23)32(27)18-22-11-6-5-7-12-22/h5-9,11-14,17,19,26H,10,15-16,18,29H2,1-4H3/t26-/m1/s1. The number of thiophene rings is 1. The first-order valence-corrected chi connectivity index (χ1v) is 12.8. The molecule has 0 unspecified atom stereocenters. The van der Waals surface area contributed by atoms with Crippen molar-refractivity contribution in [1.82, 2.24) is 14.5 Å². The second-order valence-corrected chi connectivity index (χ2v) is 10.5. The van der Waals surface area contributed by atoms with Gasteiger partial charge in [0.15, 0.2) is 0 Å². The number of rotatable bonds is 9. The average molecular weight is 475 g/mol. The molecule has 34 heavy (non-hydrogen) atoms. The number of amides is 1. The quantitative estimate of drug-likeness (QED) is 0.326. The highest BCUT2D eigenvalue weighted by atomic mass is 32.1. The number of imidazole rings is 1. The van der Waals surface area contributed by atoms with E-state index in [9.17, 15) is 4.79 Å². The lowest BCUT2D eigenvalue weighted by molar-refractivity contribution is 0.0610. The highest BCUT2D eigenvalue weighted by Gasteiger charge is 2.33. The maximum atomic E-state index is 13.9. The number of hydrogen-bond acceptors (Lipinski definition) is 4. The number of para-hydroxylation sites is 2. The summed E-state index contributed by atoms with van der Waals surface area (Å²) in [6.45, 7) is 10.3. The first kappa shape index (κ1) is 24.2. The van der Waals surface area contributed by atoms with Crippen molar-refractivity contribution in [3.63, 3.8) is 0 Å². The molecule has 0 bridgehead atoms. The van der Waals surface area contributed by atoms with Gasteiger partial charge in [-0.1, -0.05) is 56.3 Å². The summed E-state index contributed by atoms with van der Waals surface area (Å²) in [6, 6.07) is 20.5. The fourth-order valence-corrected chi connectivity index (χ4v) is 5.49. The van der Waals surface area contributed by atoms with Crippen LogP contribution in [0.3, 0.4) is 0 Å². The molecule has 0 aliphatic heterocycles. The lowest BCUT2D eigenvalue weighted by Crippen LogP contribution is -2.40. The average Bonchev–Trinajstić information content (AvgIpc) is 3.36. The maximum absolute atomic E-state index is 13.9. The molecule has 0 saturated heterocycles. The van der Waals surface area contributed by atoms with Crippen molar-refractivity contribution in [1.29, 1.82) is 0 Å². The molecule has 2 aromatic heterocycles. The highest BCUT2D eigenvalue weighted by molar-refractivity contribution is 7.14. The van der Waals surface area contributed by atoms with Gasteiger partial charge in [-0.05, 0) is 62.1 Å². The minimum atomic E-state index is -0.169. The first-order chi connectivity index (χ1) is 16.4. The van der Waals surface area contributed by atoms with E-state index < -0.39 is 0 Å². The monoisotopic (exact) mass is 474 g/mol. The second-order valence-electron chi connectivity index (χ2n) is 9.21. The molecule has 1 atom stereocenters. The fourth-order valence-electron chi connectivity index (χ4n) is 4.50. The Kier molecular flexibility index (Phi) is 7.49. The number of benzene rings is 2. The van der Waals surface area contributed by atoms with Gasteiger partial charge in [0.2, 0.25) is 0 Å². The maximum Gasteiger partial charge on any atom is 0.264 e. The molecule has 2 heterocycles. The Balaban J connectivity index is 1.84. The molecule has 5 nitrogen and oxygen atoms in total. The summed E-state index contributed by atoms with van der Waals surface area (Å²) >= 11 is 1.57. The van der Waals surface area contributed by atoms with Crippen molar-refractivity contribution < 1.29 is 4.79 Å². The van der Waals surface area contributed by atoms with Crippen LogP contribution >= 0.6 is 11.3 Å². The normalized spacial score (nSPS) is 12.4. The molecular weight excluding hydrogens is 440 g/mol. The molecule has 0 fully saturated rings. The van der Waals surface area contributed by atoms with Crippen molar-refractivity contribution >= 4 is 28.3 Å². The molecule has 2 aromatic carbocycles. The minimum absolute atomic E-state index is 0.0617. The Labute approximate surface area is 206 Å². The van der Waals surface area contributed by atoms with E-state index in [-0.39, 0.29) is 17.9 Å². The van der Waals surface area contributed by atoms with Crippen LogP contribution in [0.5, 0.6) is 0 Å². The lowest BCUT2D eigenvalue weighted by atomic mass is 10.00. The van der Waals surface area contributed by atoms with Crippen molar-refractivity contribution in [3.05, 3.63) is 87.4 Å². The lowest BCUT2D eigenvalue weighted by Gasteiger charge is -2.34. The molecule has 1 amide bonds. The Morgan fingerprint density at radius 1 is 1.09 bits per heavy atom. The number of aromatic nitrogens is 2. The van der Waals surface area contributed by atoms with Crippen LogP contribution in [0.15, 0.2) is 60.7 Å². The number of carbonyl (C=O) groups is 1. The number of nitrogens with two attached hydrogens (primary N) is 1. The van der Waals surface area contributed by atoms with Gasteiger partial charge in [0.25, 0.3) is 5.91 Å². The smallest absolute Gasteiger partial charge is 0.264 e. The third-order valence-electron chi connectivity index (χ3n) is 6.34. The van der Waals surface area contributed by atoms with E-state index in [4.69, 9.17) is 10.7 Å². The summed E-state index contributed by atoms with van der Waals surface area (Å²) < 4.78 is 2.28. The number of fused-ring (bicyclic) bond motifs is 1. The summed E-state index contributed by atoms with van der Waals surface area (Å²) in [5.41, 5.74) is 10.3. The van der Waals surface area contributed by atoms with Crippen LogP contribution < -0.4 is 5.73 Å². The predicted octanol–water partition coefficient (Wildman–Crippen LogP) is 5.95. The van der Waals surface area contributed by atoms with E-state index in [2.05, 4.69) is 68.7 Å². The molecule has 0 saturated carbocycles. The van der Waals surface area contributed by atoms with Gasteiger partial charge in [-0.25, -0.2) is 4.98 Å². The van der Waals surface area contributed by atoms with E-state index in [0.717, 1.165) is 33.7 Å². The van der Waals surface area contributed by atoms with Gasteiger partial charge in [0, 0.05) is 18.0 Å². The number of nitrogens with zero attached hydrogens (tertiary/aromatic N) is 3. The van der Waals surface area contributed by atoms with E-state index >= 15 is 0 Å². The largest absolute Gasteiger partial charge is 0.330 e. The van der Waals surface area contributed by atoms with E-state index in [1.54, 1.807) is 11.3 Å². The molecule has 0 aliphatic carbocycles. The van der Waals surface area contributed by atoms with Crippen molar-refractivity contribution in [2.24, 2.45) is 11.7 Å².